The van der Waals surface area contributed by atoms with Gasteiger partial charge < -0.3 is 4.74 Å². The number of hydrogen-bond donors (Lipinski definition) is 0. The molecule has 0 bridgehead atoms. The Hall–Kier alpha value is -3.30. The summed E-state index contributed by atoms with van der Waals surface area (Å²) < 4.78 is 7.42. The van der Waals surface area contributed by atoms with Crippen molar-refractivity contribution in [3.05, 3.63) is 77.4 Å². The lowest BCUT2D eigenvalue weighted by molar-refractivity contribution is 0.0530. The minimum atomic E-state index is -0.321. The third-order valence-corrected chi connectivity index (χ3v) is 5.66. The largest absolute Gasteiger partial charge is 0.461 e. The lowest BCUT2D eigenvalue weighted by atomic mass is 10.1. The summed E-state index contributed by atoms with van der Waals surface area (Å²) in [5.74, 6) is 0.286. The molecule has 0 saturated carbocycles. The fourth-order valence-electron chi connectivity index (χ4n) is 3.29. The first-order valence-corrected chi connectivity index (χ1v) is 10.4. The summed E-state index contributed by atoms with van der Waals surface area (Å²) in [4.78, 5) is 16.8. The van der Waals surface area contributed by atoms with Crippen molar-refractivity contribution in [1.82, 2.24) is 9.38 Å². The molecule has 0 atom stereocenters. The standard InChI is InChI=1S/C23H19N3O2S/c1-2-16-14-21(29-13-12-28-23(27)17-8-4-3-5-9-17)26-20-11-7-6-10-19(20)25-22(26)18(16)15-24/h3-11,14H,2,12-13H2,1H3. The number of nitriles is 1. The van der Waals surface area contributed by atoms with Crippen molar-refractivity contribution >= 4 is 34.4 Å². The zero-order valence-corrected chi connectivity index (χ0v) is 16.8. The number of aromatic nitrogens is 2. The first-order valence-electron chi connectivity index (χ1n) is 9.41. The maximum absolute atomic E-state index is 12.1. The molecule has 0 saturated heterocycles. The van der Waals surface area contributed by atoms with Crippen LogP contribution in [0.5, 0.6) is 0 Å². The fraction of sp³-hybridized carbons (Fsp3) is 0.174. The molecule has 0 spiro atoms. The zero-order valence-electron chi connectivity index (χ0n) is 16.0. The molecule has 2 heterocycles. The summed E-state index contributed by atoms with van der Waals surface area (Å²) >= 11 is 1.59. The van der Waals surface area contributed by atoms with Crippen molar-refractivity contribution in [2.24, 2.45) is 0 Å². The number of thioether (sulfide) groups is 1. The highest BCUT2D eigenvalue weighted by atomic mass is 32.2. The van der Waals surface area contributed by atoms with Crippen LogP contribution in [0.15, 0.2) is 65.7 Å². The first-order chi connectivity index (χ1) is 14.2. The van der Waals surface area contributed by atoms with Gasteiger partial charge in [0.05, 0.1) is 27.2 Å². The summed E-state index contributed by atoms with van der Waals surface area (Å²) in [6.07, 6.45) is 0.749. The number of fused-ring (bicyclic) bond motifs is 3. The normalized spacial score (nSPS) is 10.9. The molecule has 0 aliphatic carbocycles. The molecule has 0 radical (unpaired) electrons. The highest BCUT2D eigenvalue weighted by Gasteiger charge is 2.16. The van der Waals surface area contributed by atoms with E-state index >= 15 is 0 Å². The molecule has 4 rings (SSSR count). The van der Waals surface area contributed by atoms with Crippen LogP contribution in [0.3, 0.4) is 0 Å². The van der Waals surface area contributed by atoms with Crippen LogP contribution in [0.2, 0.25) is 0 Å². The SMILES string of the molecule is CCc1cc(SCCOC(=O)c2ccccc2)n2c(nc3ccccc32)c1C#N. The van der Waals surface area contributed by atoms with E-state index < -0.39 is 0 Å². The maximum Gasteiger partial charge on any atom is 0.338 e. The number of rotatable bonds is 6. The van der Waals surface area contributed by atoms with Gasteiger partial charge >= 0.3 is 5.97 Å². The third kappa shape index (κ3) is 3.69. The number of carbonyl (C=O) groups excluding carboxylic acids is 1. The number of imidazole rings is 1. The molecule has 0 fully saturated rings. The summed E-state index contributed by atoms with van der Waals surface area (Å²) in [5, 5.41) is 10.7. The van der Waals surface area contributed by atoms with Crippen LogP contribution in [0.4, 0.5) is 0 Å². The van der Waals surface area contributed by atoms with E-state index in [2.05, 4.69) is 6.07 Å². The molecule has 0 amide bonds. The Morgan fingerprint density at radius 1 is 1.17 bits per heavy atom. The number of hydrogen-bond acceptors (Lipinski definition) is 5. The predicted molar refractivity (Wildman–Crippen MR) is 114 cm³/mol. The van der Waals surface area contributed by atoms with E-state index in [-0.39, 0.29) is 5.97 Å². The average Bonchev–Trinajstić information content (AvgIpc) is 3.16. The van der Waals surface area contributed by atoms with E-state index in [9.17, 15) is 10.1 Å². The average molecular weight is 401 g/mol. The number of nitrogens with zero attached hydrogens (tertiary/aromatic N) is 3. The van der Waals surface area contributed by atoms with E-state index in [0.29, 0.717) is 29.1 Å². The molecule has 2 aromatic heterocycles. The number of esters is 1. The molecule has 2 aromatic carbocycles. The number of ether oxygens (including phenoxy) is 1. The quantitative estimate of drug-likeness (QED) is 0.262. The monoisotopic (exact) mass is 401 g/mol. The Balaban J connectivity index is 1.60. The van der Waals surface area contributed by atoms with Gasteiger partial charge in [0.2, 0.25) is 0 Å². The number of aryl methyl sites for hydroxylation is 1. The van der Waals surface area contributed by atoms with Gasteiger partial charge in [-0.1, -0.05) is 37.3 Å². The van der Waals surface area contributed by atoms with Gasteiger partial charge in [-0.25, -0.2) is 9.78 Å². The Labute approximate surface area is 172 Å². The maximum atomic E-state index is 12.1. The van der Waals surface area contributed by atoms with Crippen LogP contribution in [0.25, 0.3) is 16.7 Å². The molecule has 0 N–H and O–H groups in total. The van der Waals surface area contributed by atoms with E-state index in [0.717, 1.165) is 28.0 Å². The van der Waals surface area contributed by atoms with E-state index in [1.54, 1.807) is 23.9 Å². The van der Waals surface area contributed by atoms with Gasteiger partial charge in [0.15, 0.2) is 5.65 Å². The minimum Gasteiger partial charge on any atom is -0.461 e. The summed E-state index contributed by atoms with van der Waals surface area (Å²) in [5.41, 5.74) is 4.63. The van der Waals surface area contributed by atoms with Crippen LogP contribution in [0, 0.1) is 11.3 Å². The Kier molecular flexibility index (Phi) is 5.50. The fourth-order valence-corrected chi connectivity index (χ4v) is 4.21. The summed E-state index contributed by atoms with van der Waals surface area (Å²) in [7, 11) is 0. The van der Waals surface area contributed by atoms with Crippen LogP contribution in [0.1, 0.15) is 28.4 Å². The minimum absolute atomic E-state index is 0.300. The Morgan fingerprint density at radius 2 is 1.93 bits per heavy atom. The highest BCUT2D eigenvalue weighted by Crippen LogP contribution is 2.29. The number of pyridine rings is 1. The lowest BCUT2D eigenvalue weighted by Gasteiger charge is -2.11. The Bertz CT molecular complexity index is 1230. The molecule has 144 valence electrons. The molecule has 0 aliphatic heterocycles. The van der Waals surface area contributed by atoms with Crippen LogP contribution < -0.4 is 0 Å². The number of carbonyl (C=O) groups is 1. The van der Waals surface area contributed by atoms with Gasteiger partial charge in [-0.2, -0.15) is 5.26 Å². The van der Waals surface area contributed by atoms with Gasteiger partial charge in [0.25, 0.3) is 0 Å². The van der Waals surface area contributed by atoms with Gasteiger partial charge in [-0.3, -0.25) is 4.40 Å². The molecule has 5 nitrogen and oxygen atoms in total. The topological polar surface area (TPSA) is 67.4 Å². The van der Waals surface area contributed by atoms with Crippen LogP contribution in [-0.4, -0.2) is 27.7 Å². The van der Waals surface area contributed by atoms with Crippen molar-refractivity contribution in [3.63, 3.8) is 0 Å². The van der Waals surface area contributed by atoms with Gasteiger partial charge in [0.1, 0.15) is 12.7 Å². The van der Waals surface area contributed by atoms with Gasteiger partial charge in [-0.05, 0) is 42.3 Å². The van der Waals surface area contributed by atoms with Crippen LogP contribution in [-0.2, 0) is 11.2 Å². The third-order valence-electron chi connectivity index (χ3n) is 4.69. The molecular weight excluding hydrogens is 382 g/mol. The van der Waals surface area contributed by atoms with Crippen molar-refractivity contribution in [3.8, 4) is 6.07 Å². The van der Waals surface area contributed by atoms with Crippen molar-refractivity contribution in [2.45, 2.75) is 18.4 Å². The van der Waals surface area contributed by atoms with E-state index in [1.165, 1.54) is 0 Å². The van der Waals surface area contributed by atoms with E-state index in [4.69, 9.17) is 9.72 Å². The second-order valence-corrected chi connectivity index (χ2v) is 7.57. The lowest BCUT2D eigenvalue weighted by Crippen LogP contribution is -2.08. The molecule has 29 heavy (non-hydrogen) atoms. The smallest absolute Gasteiger partial charge is 0.338 e. The Morgan fingerprint density at radius 3 is 2.69 bits per heavy atom. The number of benzene rings is 2. The van der Waals surface area contributed by atoms with Crippen molar-refractivity contribution < 1.29 is 9.53 Å². The second-order valence-electron chi connectivity index (χ2n) is 6.46. The van der Waals surface area contributed by atoms with Gasteiger partial charge in [0, 0.05) is 5.75 Å². The van der Waals surface area contributed by atoms with Crippen LogP contribution >= 0.6 is 11.8 Å². The molecule has 0 unspecified atom stereocenters. The molecule has 4 aromatic rings. The van der Waals surface area contributed by atoms with Crippen molar-refractivity contribution in [2.75, 3.05) is 12.4 Å². The second kappa shape index (κ2) is 8.38. The highest BCUT2D eigenvalue weighted by molar-refractivity contribution is 7.99. The van der Waals surface area contributed by atoms with Crippen molar-refractivity contribution in [1.29, 1.82) is 5.26 Å². The van der Waals surface area contributed by atoms with E-state index in [1.807, 2.05) is 59.9 Å². The summed E-state index contributed by atoms with van der Waals surface area (Å²) in [6.45, 7) is 2.33. The first kappa shape index (κ1) is 19.0. The predicted octanol–water partition coefficient (Wildman–Crippen LogP) is 4.87. The number of para-hydroxylation sites is 2. The molecule has 6 heteroatoms. The zero-order chi connectivity index (χ0) is 20.2. The molecule has 0 aliphatic rings. The molecular formula is C23H19N3O2S. The van der Waals surface area contributed by atoms with Gasteiger partial charge in [-0.15, -0.1) is 11.8 Å². The summed E-state index contributed by atoms with van der Waals surface area (Å²) in [6, 6.07) is 21.2.